The van der Waals surface area contributed by atoms with Crippen LogP contribution in [-0.2, 0) is 6.54 Å². The first-order valence-corrected chi connectivity index (χ1v) is 7.38. The maximum atomic E-state index is 12.1. The van der Waals surface area contributed by atoms with Crippen LogP contribution in [0.5, 0.6) is 0 Å². The topological polar surface area (TPSA) is 22.0 Å². The van der Waals surface area contributed by atoms with Crippen molar-refractivity contribution in [1.29, 1.82) is 0 Å². The molecule has 0 spiro atoms. The van der Waals surface area contributed by atoms with Gasteiger partial charge in [0, 0.05) is 30.2 Å². The molecular weight excluding hydrogens is 258 g/mol. The second kappa shape index (κ2) is 5.96. The molecule has 2 aromatic carbocycles. The number of hydrogen-bond acceptors (Lipinski definition) is 1. The minimum Gasteiger partial charge on any atom is -0.347 e. The molecule has 2 nitrogen and oxygen atoms in total. The molecule has 1 aromatic heterocycles. The largest absolute Gasteiger partial charge is 0.347 e. The quantitative estimate of drug-likeness (QED) is 0.624. The van der Waals surface area contributed by atoms with Crippen LogP contribution in [0.3, 0.4) is 0 Å². The Morgan fingerprint density at radius 3 is 2.67 bits per heavy atom. The van der Waals surface area contributed by atoms with Gasteiger partial charge in [0.25, 0.3) is 0 Å². The van der Waals surface area contributed by atoms with Crippen LogP contribution in [0.25, 0.3) is 10.9 Å². The highest BCUT2D eigenvalue weighted by Crippen LogP contribution is 2.18. The van der Waals surface area contributed by atoms with Gasteiger partial charge in [-0.05, 0) is 36.4 Å². The molecule has 21 heavy (non-hydrogen) atoms. The molecular formula is C19H19NO. The van der Waals surface area contributed by atoms with E-state index in [-0.39, 0.29) is 5.78 Å². The first-order chi connectivity index (χ1) is 10.2. The maximum Gasteiger partial charge on any atom is 0.162 e. The van der Waals surface area contributed by atoms with E-state index in [1.54, 1.807) is 0 Å². The minimum atomic E-state index is 0.225. The first-order valence-electron chi connectivity index (χ1n) is 7.38. The lowest BCUT2D eigenvalue weighted by molar-refractivity contribution is 0.0978. The van der Waals surface area contributed by atoms with Gasteiger partial charge in [-0.15, -0.1) is 0 Å². The number of fused-ring (bicyclic) bond motifs is 1. The molecule has 0 saturated heterocycles. The van der Waals surface area contributed by atoms with E-state index in [0.717, 1.165) is 18.5 Å². The number of aromatic nitrogens is 1. The number of carbonyl (C=O) groups is 1. The second-order valence-electron chi connectivity index (χ2n) is 5.46. The fourth-order valence-corrected chi connectivity index (χ4v) is 2.67. The molecule has 106 valence electrons. The van der Waals surface area contributed by atoms with Crippen molar-refractivity contribution in [2.45, 2.75) is 26.3 Å². The number of benzene rings is 2. The zero-order chi connectivity index (χ0) is 14.7. The molecule has 0 radical (unpaired) electrons. The molecule has 3 rings (SSSR count). The summed E-state index contributed by atoms with van der Waals surface area (Å²) >= 11 is 0. The third kappa shape index (κ3) is 3.05. The van der Waals surface area contributed by atoms with Crippen LogP contribution < -0.4 is 0 Å². The standard InChI is InChI=1S/C19H19NO/c1-15-9-10-16-11-13-20(18(16)14-15)12-5-8-19(21)17-6-3-2-4-7-17/h2-4,6-7,9-11,13-14H,5,8,12H2,1H3. The number of carbonyl (C=O) groups excluding carboxylic acids is 1. The number of ketones is 1. The number of hydrogen-bond donors (Lipinski definition) is 0. The fourth-order valence-electron chi connectivity index (χ4n) is 2.67. The predicted molar refractivity (Wildman–Crippen MR) is 86.7 cm³/mol. The van der Waals surface area contributed by atoms with Gasteiger partial charge < -0.3 is 4.57 Å². The molecule has 0 bridgehead atoms. The van der Waals surface area contributed by atoms with Crippen LogP contribution in [0, 0.1) is 6.92 Å². The molecule has 0 aliphatic carbocycles. The lowest BCUT2D eigenvalue weighted by atomic mass is 10.1. The summed E-state index contributed by atoms with van der Waals surface area (Å²) in [5, 5.41) is 1.26. The van der Waals surface area contributed by atoms with Crippen molar-refractivity contribution in [3.63, 3.8) is 0 Å². The average Bonchev–Trinajstić information content (AvgIpc) is 2.90. The lowest BCUT2D eigenvalue weighted by Gasteiger charge is -2.06. The van der Waals surface area contributed by atoms with Crippen molar-refractivity contribution < 1.29 is 4.79 Å². The molecule has 0 unspecified atom stereocenters. The van der Waals surface area contributed by atoms with E-state index < -0.39 is 0 Å². The number of rotatable bonds is 5. The van der Waals surface area contributed by atoms with Crippen molar-refractivity contribution >= 4 is 16.7 Å². The first kappa shape index (κ1) is 13.6. The molecule has 0 atom stereocenters. The highest BCUT2D eigenvalue weighted by Gasteiger charge is 2.06. The van der Waals surface area contributed by atoms with Crippen LogP contribution in [0.4, 0.5) is 0 Å². The summed E-state index contributed by atoms with van der Waals surface area (Å²) in [6, 6.07) is 18.1. The summed E-state index contributed by atoms with van der Waals surface area (Å²) in [4.78, 5) is 12.1. The van der Waals surface area contributed by atoms with E-state index >= 15 is 0 Å². The number of nitrogens with zero attached hydrogens (tertiary/aromatic N) is 1. The highest BCUT2D eigenvalue weighted by atomic mass is 16.1. The summed E-state index contributed by atoms with van der Waals surface area (Å²) in [7, 11) is 0. The van der Waals surface area contributed by atoms with E-state index in [1.807, 2.05) is 30.3 Å². The van der Waals surface area contributed by atoms with Gasteiger partial charge in [0.1, 0.15) is 0 Å². The maximum absolute atomic E-state index is 12.1. The highest BCUT2D eigenvalue weighted by molar-refractivity contribution is 5.95. The van der Waals surface area contributed by atoms with Gasteiger partial charge in [-0.1, -0.05) is 42.5 Å². The van der Waals surface area contributed by atoms with Gasteiger partial charge in [0.05, 0.1) is 0 Å². The van der Waals surface area contributed by atoms with Crippen LogP contribution in [0.2, 0.25) is 0 Å². The predicted octanol–water partition coefficient (Wildman–Crippen LogP) is 4.61. The van der Waals surface area contributed by atoms with Crippen molar-refractivity contribution in [1.82, 2.24) is 4.57 Å². The molecule has 0 fully saturated rings. The Labute approximate surface area is 125 Å². The Morgan fingerprint density at radius 1 is 1.05 bits per heavy atom. The van der Waals surface area contributed by atoms with E-state index in [1.165, 1.54) is 16.5 Å². The van der Waals surface area contributed by atoms with E-state index in [4.69, 9.17) is 0 Å². The Hall–Kier alpha value is -2.35. The normalized spacial score (nSPS) is 10.9. The molecule has 0 amide bonds. The Balaban J connectivity index is 1.65. The summed E-state index contributed by atoms with van der Waals surface area (Å²) in [5.41, 5.74) is 3.33. The average molecular weight is 277 g/mol. The summed E-state index contributed by atoms with van der Waals surface area (Å²) < 4.78 is 2.24. The van der Waals surface area contributed by atoms with Gasteiger partial charge in [-0.25, -0.2) is 0 Å². The zero-order valence-electron chi connectivity index (χ0n) is 12.3. The number of Topliss-reactive ketones (excluding diaryl/α,β-unsaturated/α-hetero) is 1. The molecule has 2 heteroatoms. The van der Waals surface area contributed by atoms with Gasteiger partial charge in [0.2, 0.25) is 0 Å². The molecule has 0 N–H and O–H groups in total. The summed E-state index contributed by atoms with van der Waals surface area (Å²) in [5.74, 6) is 0.225. The molecule has 0 saturated carbocycles. The smallest absolute Gasteiger partial charge is 0.162 e. The number of aryl methyl sites for hydroxylation is 2. The van der Waals surface area contributed by atoms with Crippen molar-refractivity contribution in [3.8, 4) is 0 Å². The van der Waals surface area contributed by atoms with Crippen molar-refractivity contribution in [3.05, 3.63) is 71.9 Å². The monoisotopic (exact) mass is 277 g/mol. The van der Waals surface area contributed by atoms with Crippen LogP contribution in [0.15, 0.2) is 60.8 Å². The van der Waals surface area contributed by atoms with Crippen LogP contribution >= 0.6 is 0 Å². The van der Waals surface area contributed by atoms with E-state index in [2.05, 4.69) is 42.0 Å². The van der Waals surface area contributed by atoms with Gasteiger partial charge in [0.15, 0.2) is 5.78 Å². The zero-order valence-corrected chi connectivity index (χ0v) is 12.3. The van der Waals surface area contributed by atoms with Gasteiger partial charge in [-0.3, -0.25) is 4.79 Å². The Bertz CT molecular complexity index is 756. The van der Waals surface area contributed by atoms with E-state index in [9.17, 15) is 4.79 Å². The van der Waals surface area contributed by atoms with Crippen LogP contribution in [0.1, 0.15) is 28.8 Å². The summed E-state index contributed by atoms with van der Waals surface area (Å²) in [6.07, 6.45) is 3.57. The second-order valence-corrected chi connectivity index (χ2v) is 5.46. The Morgan fingerprint density at radius 2 is 1.86 bits per heavy atom. The third-order valence-corrected chi connectivity index (χ3v) is 3.83. The van der Waals surface area contributed by atoms with Crippen LogP contribution in [-0.4, -0.2) is 10.4 Å². The van der Waals surface area contributed by atoms with Gasteiger partial charge >= 0.3 is 0 Å². The lowest BCUT2D eigenvalue weighted by Crippen LogP contribution is -2.02. The molecule has 1 heterocycles. The third-order valence-electron chi connectivity index (χ3n) is 3.83. The SMILES string of the molecule is Cc1ccc2ccn(CCCC(=O)c3ccccc3)c2c1. The molecule has 0 aliphatic heterocycles. The van der Waals surface area contributed by atoms with Gasteiger partial charge in [-0.2, -0.15) is 0 Å². The molecule has 3 aromatic rings. The minimum absolute atomic E-state index is 0.225. The van der Waals surface area contributed by atoms with E-state index in [0.29, 0.717) is 6.42 Å². The molecule has 0 aliphatic rings. The Kier molecular flexibility index (Phi) is 3.87. The fraction of sp³-hybridized carbons (Fsp3) is 0.211. The summed E-state index contributed by atoms with van der Waals surface area (Å²) in [6.45, 7) is 2.99. The van der Waals surface area contributed by atoms with Crippen molar-refractivity contribution in [2.24, 2.45) is 0 Å². The van der Waals surface area contributed by atoms with Crippen molar-refractivity contribution in [2.75, 3.05) is 0 Å².